The highest BCUT2D eigenvalue weighted by atomic mass is 16.1. The van der Waals surface area contributed by atoms with E-state index in [1.807, 2.05) is 42.1 Å². The Morgan fingerprint density at radius 1 is 1.30 bits per heavy atom. The SMILES string of the molecule is CN(C)CCCNCC(=O)c1cn(C)c2ccccc12. The highest BCUT2D eigenvalue weighted by Gasteiger charge is 2.12. The molecule has 4 heteroatoms. The molecule has 0 amide bonds. The number of aryl methyl sites for hydroxylation is 1. The molecule has 1 heterocycles. The summed E-state index contributed by atoms with van der Waals surface area (Å²) in [6.07, 6.45) is 2.98. The Bertz CT molecular complexity index is 586. The third kappa shape index (κ3) is 3.46. The molecule has 0 unspecified atom stereocenters. The summed E-state index contributed by atoms with van der Waals surface area (Å²) in [6, 6.07) is 8.02. The number of carbonyl (C=O) groups is 1. The maximum Gasteiger partial charge on any atom is 0.178 e. The standard InChI is InChI=1S/C16H23N3O/c1-18(2)10-6-9-17-11-16(20)14-12-19(3)15-8-5-4-7-13(14)15/h4-5,7-8,12,17H,6,9-11H2,1-3H3. The predicted octanol–water partition coefficient (Wildman–Crippen LogP) is 1.90. The Labute approximate surface area is 120 Å². The van der Waals surface area contributed by atoms with Gasteiger partial charge in [-0.25, -0.2) is 0 Å². The van der Waals surface area contributed by atoms with Crippen LogP contribution in [0.25, 0.3) is 10.9 Å². The Kier molecular flexibility index (Phi) is 4.93. The van der Waals surface area contributed by atoms with Crippen molar-refractivity contribution in [3.63, 3.8) is 0 Å². The summed E-state index contributed by atoms with van der Waals surface area (Å²) >= 11 is 0. The molecule has 0 atom stereocenters. The van der Waals surface area contributed by atoms with E-state index < -0.39 is 0 Å². The fourth-order valence-corrected chi connectivity index (χ4v) is 2.38. The first-order valence-corrected chi connectivity index (χ1v) is 7.02. The third-order valence-corrected chi connectivity index (χ3v) is 3.44. The molecule has 20 heavy (non-hydrogen) atoms. The van der Waals surface area contributed by atoms with Crippen LogP contribution in [0.3, 0.4) is 0 Å². The van der Waals surface area contributed by atoms with Crippen LogP contribution in [0, 0.1) is 0 Å². The molecule has 108 valence electrons. The first-order valence-electron chi connectivity index (χ1n) is 7.02. The number of carbonyl (C=O) groups excluding carboxylic acids is 1. The van der Waals surface area contributed by atoms with E-state index in [2.05, 4.69) is 24.3 Å². The lowest BCUT2D eigenvalue weighted by atomic mass is 10.1. The van der Waals surface area contributed by atoms with Gasteiger partial charge in [0.25, 0.3) is 0 Å². The van der Waals surface area contributed by atoms with Crippen LogP contribution in [0.5, 0.6) is 0 Å². The number of aromatic nitrogens is 1. The molecule has 0 saturated heterocycles. The van der Waals surface area contributed by atoms with E-state index in [1.54, 1.807) is 0 Å². The molecule has 0 bridgehead atoms. The average Bonchev–Trinajstić information content (AvgIpc) is 2.76. The zero-order valence-corrected chi connectivity index (χ0v) is 12.5. The Hall–Kier alpha value is -1.65. The third-order valence-electron chi connectivity index (χ3n) is 3.44. The van der Waals surface area contributed by atoms with Crippen LogP contribution in [-0.4, -0.2) is 49.0 Å². The van der Waals surface area contributed by atoms with Gasteiger partial charge >= 0.3 is 0 Å². The summed E-state index contributed by atoms with van der Waals surface area (Å²) in [7, 11) is 6.09. The lowest BCUT2D eigenvalue weighted by molar-refractivity contribution is 0.0992. The van der Waals surface area contributed by atoms with E-state index in [-0.39, 0.29) is 5.78 Å². The fourth-order valence-electron chi connectivity index (χ4n) is 2.38. The van der Waals surface area contributed by atoms with Gasteiger partial charge in [-0.3, -0.25) is 4.79 Å². The van der Waals surface area contributed by atoms with Gasteiger partial charge in [-0.15, -0.1) is 0 Å². The molecule has 0 aliphatic carbocycles. The minimum Gasteiger partial charge on any atom is -0.350 e. The van der Waals surface area contributed by atoms with E-state index in [1.165, 1.54) is 0 Å². The van der Waals surface area contributed by atoms with Crippen molar-refractivity contribution in [1.82, 2.24) is 14.8 Å². The molecular weight excluding hydrogens is 250 g/mol. The molecule has 0 fully saturated rings. The van der Waals surface area contributed by atoms with E-state index >= 15 is 0 Å². The van der Waals surface area contributed by atoms with Crippen molar-refractivity contribution in [3.05, 3.63) is 36.0 Å². The van der Waals surface area contributed by atoms with Crippen molar-refractivity contribution in [2.75, 3.05) is 33.7 Å². The average molecular weight is 273 g/mol. The van der Waals surface area contributed by atoms with Crippen molar-refractivity contribution in [2.45, 2.75) is 6.42 Å². The van der Waals surface area contributed by atoms with Crippen molar-refractivity contribution in [2.24, 2.45) is 7.05 Å². The molecule has 0 spiro atoms. The maximum atomic E-state index is 12.3. The van der Waals surface area contributed by atoms with Crippen LogP contribution >= 0.6 is 0 Å². The Balaban J connectivity index is 1.95. The minimum atomic E-state index is 0.159. The van der Waals surface area contributed by atoms with Gasteiger partial charge in [-0.1, -0.05) is 18.2 Å². The van der Waals surface area contributed by atoms with Gasteiger partial charge < -0.3 is 14.8 Å². The number of para-hydroxylation sites is 1. The fraction of sp³-hybridized carbons (Fsp3) is 0.438. The molecule has 0 saturated carbocycles. The molecular formula is C16H23N3O. The summed E-state index contributed by atoms with van der Waals surface area (Å²) < 4.78 is 2.01. The van der Waals surface area contributed by atoms with Gasteiger partial charge in [0.2, 0.25) is 0 Å². The Morgan fingerprint density at radius 2 is 2.05 bits per heavy atom. The number of fused-ring (bicyclic) bond motifs is 1. The number of rotatable bonds is 7. The number of hydrogen-bond acceptors (Lipinski definition) is 3. The van der Waals surface area contributed by atoms with E-state index in [4.69, 9.17) is 0 Å². The van der Waals surface area contributed by atoms with Crippen molar-refractivity contribution < 1.29 is 4.79 Å². The van der Waals surface area contributed by atoms with E-state index in [0.717, 1.165) is 36.0 Å². The van der Waals surface area contributed by atoms with Crippen molar-refractivity contribution in [3.8, 4) is 0 Å². The summed E-state index contributed by atoms with van der Waals surface area (Å²) in [5.74, 6) is 0.159. The van der Waals surface area contributed by atoms with Crippen molar-refractivity contribution >= 4 is 16.7 Å². The molecule has 4 nitrogen and oxygen atoms in total. The smallest absolute Gasteiger partial charge is 0.178 e. The number of nitrogens with zero attached hydrogens (tertiary/aromatic N) is 2. The number of Topliss-reactive ketones (excluding diaryl/α,β-unsaturated/α-hetero) is 1. The summed E-state index contributed by atoms with van der Waals surface area (Å²) in [5.41, 5.74) is 1.91. The van der Waals surface area contributed by atoms with Crippen molar-refractivity contribution in [1.29, 1.82) is 0 Å². The molecule has 0 radical (unpaired) electrons. The van der Waals surface area contributed by atoms with E-state index in [9.17, 15) is 4.79 Å². The van der Waals surface area contributed by atoms with Crippen LogP contribution in [-0.2, 0) is 7.05 Å². The maximum absolute atomic E-state index is 12.3. The topological polar surface area (TPSA) is 37.3 Å². The molecule has 2 aromatic rings. The second kappa shape index (κ2) is 6.68. The number of benzene rings is 1. The lowest BCUT2D eigenvalue weighted by Gasteiger charge is -2.09. The highest BCUT2D eigenvalue weighted by molar-refractivity contribution is 6.09. The molecule has 1 N–H and O–H groups in total. The second-order valence-electron chi connectivity index (χ2n) is 5.43. The Morgan fingerprint density at radius 3 is 2.80 bits per heavy atom. The molecule has 0 aliphatic rings. The molecule has 0 aliphatic heterocycles. The second-order valence-corrected chi connectivity index (χ2v) is 5.43. The van der Waals surface area contributed by atoms with Crippen LogP contribution < -0.4 is 5.32 Å². The zero-order chi connectivity index (χ0) is 14.5. The largest absolute Gasteiger partial charge is 0.350 e. The number of nitrogens with one attached hydrogen (secondary N) is 1. The monoisotopic (exact) mass is 273 g/mol. The molecule has 2 rings (SSSR count). The van der Waals surface area contributed by atoms with Gasteiger partial charge in [-0.05, 0) is 39.7 Å². The molecule has 1 aromatic carbocycles. The lowest BCUT2D eigenvalue weighted by Crippen LogP contribution is -2.26. The predicted molar refractivity (Wildman–Crippen MR) is 83.3 cm³/mol. The summed E-state index contributed by atoms with van der Waals surface area (Å²) in [6.45, 7) is 2.31. The summed E-state index contributed by atoms with van der Waals surface area (Å²) in [4.78, 5) is 14.4. The van der Waals surface area contributed by atoms with Gasteiger partial charge in [0.1, 0.15) is 0 Å². The number of hydrogen-bond donors (Lipinski definition) is 1. The van der Waals surface area contributed by atoms with Crippen LogP contribution in [0.15, 0.2) is 30.5 Å². The number of ketones is 1. The van der Waals surface area contributed by atoms with Crippen LogP contribution in [0.1, 0.15) is 16.8 Å². The highest BCUT2D eigenvalue weighted by Crippen LogP contribution is 2.20. The van der Waals surface area contributed by atoms with E-state index in [0.29, 0.717) is 6.54 Å². The van der Waals surface area contributed by atoms with Crippen LogP contribution in [0.2, 0.25) is 0 Å². The zero-order valence-electron chi connectivity index (χ0n) is 12.5. The van der Waals surface area contributed by atoms with Gasteiger partial charge in [-0.2, -0.15) is 0 Å². The minimum absolute atomic E-state index is 0.159. The van der Waals surface area contributed by atoms with Crippen LogP contribution in [0.4, 0.5) is 0 Å². The van der Waals surface area contributed by atoms with Gasteiger partial charge in [0.15, 0.2) is 5.78 Å². The normalized spacial score (nSPS) is 11.4. The first kappa shape index (κ1) is 14.8. The van der Waals surface area contributed by atoms with Gasteiger partial charge in [0.05, 0.1) is 6.54 Å². The first-order chi connectivity index (χ1) is 9.59. The van der Waals surface area contributed by atoms with Gasteiger partial charge in [0, 0.05) is 29.7 Å². The quantitative estimate of drug-likeness (QED) is 0.618. The molecule has 1 aromatic heterocycles. The summed E-state index contributed by atoms with van der Waals surface area (Å²) in [5, 5.41) is 4.26.